The monoisotopic (exact) mass is 246 g/mol. The van der Waals surface area contributed by atoms with Crippen LogP contribution in [0.15, 0.2) is 24.3 Å². The van der Waals surface area contributed by atoms with Crippen molar-refractivity contribution in [1.82, 2.24) is 0 Å². The smallest absolute Gasteiger partial charge is 0.0130 e. The van der Waals surface area contributed by atoms with Gasteiger partial charge in [-0.15, -0.1) is 0 Å². The van der Waals surface area contributed by atoms with Crippen LogP contribution < -0.4 is 0 Å². The maximum atomic E-state index is 2.32. The van der Waals surface area contributed by atoms with E-state index in [0.717, 1.165) is 0 Å². The molecule has 0 N–H and O–H groups in total. The Kier molecular flexibility index (Phi) is 2.72. The number of halogens is 1. The summed E-state index contributed by atoms with van der Waals surface area (Å²) in [6.45, 7) is 4.42. The maximum Gasteiger partial charge on any atom is 0.0130 e. The van der Waals surface area contributed by atoms with Crippen molar-refractivity contribution < 1.29 is 0 Å². The third-order valence-electron chi connectivity index (χ3n) is 1.54. The van der Waals surface area contributed by atoms with E-state index in [9.17, 15) is 0 Å². The quantitative estimate of drug-likeness (QED) is 0.666. The van der Waals surface area contributed by atoms with Gasteiger partial charge in [-0.1, -0.05) is 26.0 Å². The maximum absolute atomic E-state index is 2.32. The Bertz CT molecular complexity index is 198. The van der Waals surface area contributed by atoms with Crippen molar-refractivity contribution >= 4 is 22.6 Å². The fourth-order valence-corrected chi connectivity index (χ4v) is 1.21. The molecule has 0 bridgehead atoms. The molecule has 0 radical (unpaired) electrons. The predicted octanol–water partition coefficient (Wildman–Crippen LogP) is 3.41. The second-order valence-electron chi connectivity index (χ2n) is 2.71. The minimum atomic E-state index is 0.650. The molecule has 0 aromatic heterocycles. The Labute approximate surface area is 75.8 Å². The number of benzene rings is 1. The summed E-state index contributed by atoms with van der Waals surface area (Å²) in [5.41, 5.74) is 1.42. The summed E-state index contributed by atoms with van der Waals surface area (Å²) in [7, 11) is 0. The van der Waals surface area contributed by atoms with Gasteiger partial charge in [-0.3, -0.25) is 0 Å². The highest BCUT2D eigenvalue weighted by atomic mass is 127. The summed E-state index contributed by atoms with van der Waals surface area (Å²) in [6.07, 6.45) is 0. The van der Waals surface area contributed by atoms with Gasteiger partial charge in [-0.2, -0.15) is 0 Å². The van der Waals surface area contributed by atoms with Gasteiger partial charge in [0.25, 0.3) is 0 Å². The van der Waals surface area contributed by atoms with Gasteiger partial charge in [0.2, 0.25) is 0 Å². The Morgan fingerprint density at radius 1 is 1.10 bits per heavy atom. The van der Waals surface area contributed by atoms with Gasteiger partial charge in [0.1, 0.15) is 0 Å². The van der Waals surface area contributed by atoms with Crippen LogP contribution in [0, 0.1) is 3.57 Å². The lowest BCUT2D eigenvalue weighted by molar-refractivity contribution is 0.866. The molecule has 0 amide bonds. The summed E-state index contributed by atoms with van der Waals surface area (Å²) in [4.78, 5) is 0. The molecule has 0 saturated carbocycles. The minimum Gasteiger partial charge on any atom is -0.0587 e. The molecule has 0 unspecified atom stereocenters. The van der Waals surface area contributed by atoms with E-state index < -0.39 is 0 Å². The summed E-state index contributed by atoms with van der Waals surface area (Å²) in [5.74, 6) is 0.650. The molecule has 0 atom stereocenters. The van der Waals surface area contributed by atoms with E-state index in [1.54, 1.807) is 0 Å². The van der Waals surface area contributed by atoms with Crippen molar-refractivity contribution in [2.24, 2.45) is 0 Å². The van der Waals surface area contributed by atoms with Crippen LogP contribution in [0.25, 0.3) is 0 Å². The summed E-state index contributed by atoms with van der Waals surface area (Å²) >= 11 is 2.32. The molecule has 1 heteroatoms. The lowest BCUT2D eigenvalue weighted by Gasteiger charge is -2.03. The lowest BCUT2D eigenvalue weighted by Crippen LogP contribution is -1.85. The van der Waals surface area contributed by atoms with Crippen molar-refractivity contribution in [3.63, 3.8) is 0 Å². The van der Waals surface area contributed by atoms with Crippen LogP contribution in [0.5, 0.6) is 0 Å². The topological polar surface area (TPSA) is 0 Å². The van der Waals surface area contributed by atoms with Gasteiger partial charge in [0, 0.05) is 3.57 Å². The fraction of sp³-hybridized carbons (Fsp3) is 0.333. The molecule has 1 rings (SSSR count). The average Bonchev–Trinajstić information content (AvgIpc) is 1.88. The molecule has 0 saturated heterocycles. The average molecular weight is 246 g/mol. The lowest BCUT2D eigenvalue weighted by atomic mass is 10.0. The number of hydrogen-bond donors (Lipinski definition) is 0. The summed E-state index contributed by atoms with van der Waals surface area (Å²) in [6, 6.07) is 8.67. The van der Waals surface area contributed by atoms with Crippen molar-refractivity contribution in [3.8, 4) is 0 Å². The zero-order chi connectivity index (χ0) is 7.56. The number of hydrogen-bond acceptors (Lipinski definition) is 0. The van der Waals surface area contributed by atoms with Gasteiger partial charge in [-0.25, -0.2) is 0 Å². The van der Waals surface area contributed by atoms with E-state index >= 15 is 0 Å². The summed E-state index contributed by atoms with van der Waals surface area (Å²) in [5, 5.41) is 0. The Hall–Kier alpha value is -0.0500. The highest BCUT2D eigenvalue weighted by molar-refractivity contribution is 14.1. The van der Waals surface area contributed by atoms with Crippen molar-refractivity contribution in [3.05, 3.63) is 33.4 Å². The highest BCUT2D eigenvalue weighted by Crippen LogP contribution is 2.15. The predicted molar refractivity (Wildman–Crippen MR) is 53.2 cm³/mol. The first-order valence-electron chi connectivity index (χ1n) is 3.45. The van der Waals surface area contributed by atoms with Gasteiger partial charge in [0.15, 0.2) is 0 Å². The van der Waals surface area contributed by atoms with Crippen LogP contribution >= 0.6 is 22.6 Å². The zero-order valence-electron chi connectivity index (χ0n) is 6.26. The van der Waals surface area contributed by atoms with Crippen molar-refractivity contribution in [2.45, 2.75) is 19.8 Å². The standard InChI is InChI=1S/C9H11I/c1-7(2)8-3-5-9(10)6-4-8/h3-7H,1-2H3. The number of rotatable bonds is 1. The van der Waals surface area contributed by atoms with Crippen LogP contribution in [-0.2, 0) is 0 Å². The zero-order valence-corrected chi connectivity index (χ0v) is 8.42. The van der Waals surface area contributed by atoms with E-state index in [-0.39, 0.29) is 0 Å². The molecule has 0 aliphatic heterocycles. The van der Waals surface area contributed by atoms with E-state index in [1.807, 2.05) is 0 Å². The molecule has 0 aliphatic rings. The molecular formula is C9H11I. The minimum absolute atomic E-state index is 0.650. The Morgan fingerprint density at radius 2 is 1.60 bits per heavy atom. The van der Waals surface area contributed by atoms with E-state index in [2.05, 4.69) is 60.7 Å². The van der Waals surface area contributed by atoms with Crippen LogP contribution in [0.3, 0.4) is 0 Å². The molecule has 0 nitrogen and oxygen atoms in total. The van der Waals surface area contributed by atoms with Gasteiger partial charge < -0.3 is 0 Å². The molecule has 0 aliphatic carbocycles. The van der Waals surface area contributed by atoms with E-state index in [4.69, 9.17) is 0 Å². The second kappa shape index (κ2) is 3.37. The van der Waals surface area contributed by atoms with Gasteiger partial charge in [0.05, 0.1) is 0 Å². The van der Waals surface area contributed by atoms with Gasteiger partial charge in [-0.05, 0) is 46.2 Å². The molecule has 1 aromatic carbocycles. The third-order valence-corrected chi connectivity index (χ3v) is 2.26. The summed E-state index contributed by atoms with van der Waals surface area (Å²) < 4.78 is 1.31. The van der Waals surface area contributed by atoms with Crippen LogP contribution in [0.1, 0.15) is 25.3 Å². The van der Waals surface area contributed by atoms with Gasteiger partial charge >= 0.3 is 0 Å². The van der Waals surface area contributed by atoms with Crippen LogP contribution in [0.4, 0.5) is 0 Å². The van der Waals surface area contributed by atoms with Crippen molar-refractivity contribution in [2.75, 3.05) is 0 Å². The molecule has 1 aromatic rings. The molecule has 0 heterocycles. The van der Waals surface area contributed by atoms with E-state index in [0.29, 0.717) is 5.92 Å². The first-order valence-corrected chi connectivity index (χ1v) is 4.53. The first-order chi connectivity index (χ1) is 4.70. The fourth-order valence-electron chi connectivity index (χ4n) is 0.848. The molecule has 54 valence electrons. The first kappa shape index (κ1) is 8.05. The molecule has 10 heavy (non-hydrogen) atoms. The normalized spacial score (nSPS) is 10.4. The van der Waals surface area contributed by atoms with E-state index in [1.165, 1.54) is 9.13 Å². The van der Waals surface area contributed by atoms with Crippen LogP contribution in [-0.4, -0.2) is 0 Å². The van der Waals surface area contributed by atoms with Crippen molar-refractivity contribution in [1.29, 1.82) is 0 Å². The molecule has 0 fully saturated rings. The Balaban J connectivity index is 2.89. The molecule has 0 spiro atoms. The molecular weight excluding hydrogens is 235 g/mol. The van der Waals surface area contributed by atoms with Crippen LogP contribution in [0.2, 0.25) is 0 Å². The SMILES string of the molecule is CC(C)c1ccc(I)cc1. The largest absolute Gasteiger partial charge is 0.0587 e. The highest BCUT2D eigenvalue weighted by Gasteiger charge is 1.95. The second-order valence-corrected chi connectivity index (χ2v) is 3.95. The third kappa shape index (κ3) is 1.97. The Morgan fingerprint density at radius 3 is 2.00 bits per heavy atom.